The highest BCUT2D eigenvalue weighted by atomic mass is 35.5. The normalized spacial score (nSPS) is 18.1. The van der Waals surface area contributed by atoms with Crippen LogP contribution in [0.5, 0.6) is 0 Å². The van der Waals surface area contributed by atoms with Gasteiger partial charge in [0.1, 0.15) is 0 Å². The molecule has 24 heavy (non-hydrogen) atoms. The van der Waals surface area contributed by atoms with Gasteiger partial charge in [-0.1, -0.05) is 23.7 Å². The van der Waals surface area contributed by atoms with E-state index >= 15 is 0 Å². The molecule has 2 amide bonds. The van der Waals surface area contributed by atoms with Gasteiger partial charge in [-0.05, 0) is 24.1 Å². The summed E-state index contributed by atoms with van der Waals surface area (Å²) in [6, 6.07) is 6.88. The predicted molar refractivity (Wildman–Crippen MR) is 83.6 cm³/mol. The van der Waals surface area contributed by atoms with Crippen molar-refractivity contribution in [3.8, 4) is 0 Å². The standard InChI is InChI=1S/C16H18ClF3N2O2/c17-12-3-1-2-11(8-12)5-7-22-10-13(9-15(22)24)21-14(23)4-6-16(18,19)20/h1-3,8,13H,4-7,9-10H2,(H,21,23)/t13-/m0/s1. The van der Waals surface area contributed by atoms with Gasteiger partial charge in [0.15, 0.2) is 0 Å². The van der Waals surface area contributed by atoms with Gasteiger partial charge in [0.25, 0.3) is 0 Å². The van der Waals surface area contributed by atoms with E-state index < -0.39 is 31.0 Å². The molecular formula is C16H18ClF3N2O2. The van der Waals surface area contributed by atoms with Gasteiger partial charge in [0.2, 0.25) is 11.8 Å². The molecule has 0 aliphatic carbocycles. The molecule has 0 spiro atoms. The van der Waals surface area contributed by atoms with Crippen molar-refractivity contribution in [1.29, 1.82) is 0 Å². The SMILES string of the molecule is O=C(CCC(F)(F)F)N[C@H]1CC(=O)N(CCc2cccc(Cl)c2)C1. The van der Waals surface area contributed by atoms with Gasteiger partial charge in [-0.3, -0.25) is 9.59 Å². The number of likely N-dealkylation sites (tertiary alicyclic amines) is 1. The zero-order valence-electron chi connectivity index (χ0n) is 12.9. The number of hydrogen-bond acceptors (Lipinski definition) is 2. The Morgan fingerprint density at radius 1 is 1.38 bits per heavy atom. The largest absolute Gasteiger partial charge is 0.389 e. The molecule has 1 saturated heterocycles. The highest BCUT2D eigenvalue weighted by molar-refractivity contribution is 6.30. The number of nitrogens with one attached hydrogen (secondary N) is 1. The number of benzene rings is 1. The highest BCUT2D eigenvalue weighted by Gasteiger charge is 2.32. The van der Waals surface area contributed by atoms with Crippen LogP contribution >= 0.6 is 11.6 Å². The molecule has 0 saturated carbocycles. The van der Waals surface area contributed by atoms with E-state index in [0.29, 0.717) is 24.5 Å². The number of hydrogen-bond donors (Lipinski definition) is 1. The lowest BCUT2D eigenvalue weighted by Gasteiger charge is -2.17. The highest BCUT2D eigenvalue weighted by Crippen LogP contribution is 2.21. The van der Waals surface area contributed by atoms with Crippen LogP contribution < -0.4 is 5.32 Å². The molecule has 0 radical (unpaired) electrons. The molecule has 1 atom stereocenters. The second-order valence-electron chi connectivity index (χ2n) is 5.80. The van der Waals surface area contributed by atoms with Crippen LogP contribution in [0.2, 0.25) is 5.02 Å². The van der Waals surface area contributed by atoms with Crippen molar-refractivity contribution >= 4 is 23.4 Å². The molecule has 0 unspecified atom stereocenters. The van der Waals surface area contributed by atoms with Crippen LogP contribution in [0.1, 0.15) is 24.8 Å². The quantitative estimate of drug-likeness (QED) is 0.846. The lowest BCUT2D eigenvalue weighted by Crippen LogP contribution is -2.37. The lowest BCUT2D eigenvalue weighted by molar-refractivity contribution is -0.144. The summed E-state index contributed by atoms with van der Waals surface area (Å²) in [6.07, 6.45) is -5.38. The zero-order valence-corrected chi connectivity index (χ0v) is 13.7. The Morgan fingerprint density at radius 2 is 2.12 bits per heavy atom. The van der Waals surface area contributed by atoms with E-state index in [1.807, 2.05) is 18.2 Å². The molecule has 0 aromatic heterocycles. The first-order chi connectivity index (χ1) is 11.2. The smallest absolute Gasteiger partial charge is 0.351 e. The van der Waals surface area contributed by atoms with Crippen molar-refractivity contribution in [3.05, 3.63) is 34.9 Å². The molecule has 4 nitrogen and oxygen atoms in total. The first-order valence-electron chi connectivity index (χ1n) is 7.61. The molecule has 1 N–H and O–H groups in total. The maximum Gasteiger partial charge on any atom is 0.389 e. The van der Waals surface area contributed by atoms with Crippen molar-refractivity contribution in [2.24, 2.45) is 0 Å². The number of alkyl halides is 3. The monoisotopic (exact) mass is 362 g/mol. The van der Waals surface area contributed by atoms with E-state index in [9.17, 15) is 22.8 Å². The molecule has 1 aromatic rings. The molecule has 1 fully saturated rings. The van der Waals surface area contributed by atoms with Gasteiger partial charge < -0.3 is 10.2 Å². The Hall–Kier alpha value is -1.76. The van der Waals surface area contributed by atoms with E-state index in [2.05, 4.69) is 5.32 Å². The number of halogens is 4. The minimum Gasteiger partial charge on any atom is -0.351 e. The number of carbonyl (C=O) groups excluding carboxylic acids is 2. The molecule has 8 heteroatoms. The summed E-state index contributed by atoms with van der Waals surface area (Å²) in [5, 5.41) is 3.12. The van der Waals surface area contributed by atoms with Gasteiger partial charge in [-0.25, -0.2) is 0 Å². The summed E-state index contributed by atoms with van der Waals surface area (Å²) in [4.78, 5) is 25.1. The van der Waals surface area contributed by atoms with E-state index in [0.717, 1.165) is 5.56 Å². The summed E-state index contributed by atoms with van der Waals surface area (Å²) in [5.74, 6) is -0.792. The third-order valence-electron chi connectivity index (χ3n) is 3.77. The Morgan fingerprint density at radius 3 is 2.79 bits per heavy atom. The molecule has 1 heterocycles. The predicted octanol–water partition coefficient (Wildman–Crippen LogP) is 2.94. The summed E-state index contributed by atoms with van der Waals surface area (Å²) in [6.45, 7) is 0.797. The van der Waals surface area contributed by atoms with E-state index in [1.54, 1.807) is 11.0 Å². The van der Waals surface area contributed by atoms with Crippen molar-refractivity contribution in [3.63, 3.8) is 0 Å². The summed E-state index contributed by atoms with van der Waals surface area (Å²) < 4.78 is 36.3. The van der Waals surface area contributed by atoms with E-state index in [4.69, 9.17) is 11.6 Å². The van der Waals surface area contributed by atoms with Crippen molar-refractivity contribution in [2.45, 2.75) is 37.9 Å². The van der Waals surface area contributed by atoms with Crippen LogP contribution in [-0.2, 0) is 16.0 Å². The van der Waals surface area contributed by atoms with Crippen molar-refractivity contribution in [2.75, 3.05) is 13.1 Å². The van der Waals surface area contributed by atoms with Crippen molar-refractivity contribution < 1.29 is 22.8 Å². The lowest BCUT2D eigenvalue weighted by atomic mass is 10.1. The van der Waals surface area contributed by atoms with Gasteiger partial charge in [-0.15, -0.1) is 0 Å². The fourth-order valence-corrected chi connectivity index (χ4v) is 2.81. The number of rotatable bonds is 6. The second-order valence-corrected chi connectivity index (χ2v) is 6.24. The Kier molecular flexibility index (Phi) is 6.10. The van der Waals surface area contributed by atoms with E-state index in [1.165, 1.54) is 0 Å². The van der Waals surface area contributed by atoms with Gasteiger partial charge in [-0.2, -0.15) is 13.2 Å². The maximum absolute atomic E-state index is 12.1. The molecular weight excluding hydrogens is 345 g/mol. The molecule has 1 aromatic carbocycles. The van der Waals surface area contributed by atoms with Gasteiger partial charge in [0, 0.05) is 31.0 Å². The fourth-order valence-electron chi connectivity index (χ4n) is 2.60. The van der Waals surface area contributed by atoms with Crippen LogP contribution in [0.4, 0.5) is 13.2 Å². The number of carbonyl (C=O) groups is 2. The van der Waals surface area contributed by atoms with Crippen LogP contribution in [0, 0.1) is 0 Å². The van der Waals surface area contributed by atoms with E-state index in [-0.39, 0.29) is 12.3 Å². The van der Waals surface area contributed by atoms with Crippen LogP contribution in [0.15, 0.2) is 24.3 Å². The average Bonchev–Trinajstić information content (AvgIpc) is 2.82. The van der Waals surface area contributed by atoms with Gasteiger partial charge in [0.05, 0.1) is 12.5 Å². The maximum atomic E-state index is 12.1. The zero-order chi connectivity index (χ0) is 17.7. The first kappa shape index (κ1) is 18.6. The summed E-state index contributed by atoms with van der Waals surface area (Å²) >= 11 is 5.90. The average molecular weight is 363 g/mol. The minimum atomic E-state index is -4.36. The number of amides is 2. The van der Waals surface area contributed by atoms with Crippen molar-refractivity contribution in [1.82, 2.24) is 10.2 Å². The molecule has 132 valence electrons. The van der Waals surface area contributed by atoms with Gasteiger partial charge >= 0.3 is 6.18 Å². The fraction of sp³-hybridized carbons (Fsp3) is 0.500. The van der Waals surface area contributed by atoms with Crippen LogP contribution in [0.25, 0.3) is 0 Å². The minimum absolute atomic E-state index is 0.113. The Labute approximate surface area is 143 Å². The van der Waals surface area contributed by atoms with Crippen LogP contribution in [0.3, 0.4) is 0 Å². The Balaban J connectivity index is 1.77. The number of nitrogens with zero attached hydrogens (tertiary/aromatic N) is 1. The molecule has 1 aliphatic rings. The molecule has 1 aliphatic heterocycles. The summed E-state index contributed by atoms with van der Waals surface area (Å²) in [5.41, 5.74) is 0.993. The topological polar surface area (TPSA) is 49.4 Å². The van der Waals surface area contributed by atoms with Crippen LogP contribution in [-0.4, -0.2) is 42.0 Å². The molecule has 0 bridgehead atoms. The first-order valence-corrected chi connectivity index (χ1v) is 7.99. The molecule has 2 rings (SSSR count). The second kappa shape index (κ2) is 7.88. The Bertz CT molecular complexity index is 607. The third kappa shape index (κ3) is 6.03. The third-order valence-corrected chi connectivity index (χ3v) is 4.01. The summed E-state index contributed by atoms with van der Waals surface area (Å²) in [7, 11) is 0.